The Morgan fingerprint density at radius 2 is 1.04 bits per heavy atom. The summed E-state index contributed by atoms with van der Waals surface area (Å²) in [5, 5.41) is 4.09. The fourth-order valence-corrected chi connectivity index (χ4v) is 8.76. The van der Waals surface area contributed by atoms with E-state index in [1.165, 1.54) is 5.19 Å². The fourth-order valence-electron chi connectivity index (χ4n) is 3.09. The van der Waals surface area contributed by atoms with Crippen molar-refractivity contribution in [1.82, 2.24) is 0 Å². The van der Waals surface area contributed by atoms with Crippen LogP contribution >= 0.6 is 7.14 Å². The SMILES string of the molecule is C[Si](C)(C)c1ccccc1P(=O)(c1ccccc1)c1ccccc1. The molecule has 0 radical (unpaired) electrons. The molecular weight excluding hydrogens is 327 g/mol. The molecule has 3 rings (SSSR count). The van der Waals surface area contributed by atoms with Crippen LogP contribution in [0.3, 0.4) is 0 Å². The molecule has 0 fully saturated rings. The van der Waals surface area contributed by atoms with E-state index in [4.69, 9.17) is 0 Å². The second-order valence-electron chi connectivity index (χ2n) is 7.05. The highest BCUT2D eigenvalue weighted by Crippen LogP contribution is 2.41. The van der Waals surface area contributed by atoms with E-state index in [0.29, 0.717) is 0 Å². The summed E-state index contributed by atoms with van der Waals surface area (Å²) >= 11 is 0. The van der Waals surface area contributed by atoms with E-state index in [0.717, 1.165) is 15.9 Å². The monoisotopic (exact) mass is 350 g/mol. The van der Waals surface area contributed by atoms with Gasteiger partial charge < -0.3 is 4.57 Å². The minimum Gasteiger partial charge on any atom is -0.309 e. The molecule has 0 aliphatic rings. The smallest absolute Gasteiger partial charge is 0.170 e. The lowest BCUT2D eigenvalue weighted by Crippen LogP contribution is -2.48. The zero-order valence-corrected chi connectivity index (χ0v) is 16.3. The predicted octanol–water partition coefficient (Wildman–Crippen LogP) is 3.87. The van der Waals surface area contributed by atoms with Crippen molar-refractivity contribution in [3.63, 3.8) is 0 Å². The van der Waals surface area contributed by atoms with Crippen molar-refractivity contribution in [2.24, 2.45) is 0 Å². The Morgan fingerprint density at radius 1 is 0.625 bits per heavy atom. The predicted molar refractivity (Wildman–Crippen MR) is 109 cm³/mol. The summed E-state index contributed by atoms with van der Waals surface area (Å²) in [6.45, 7) is 6.94. The van der Waals surface area contributed by atoms with Crippen molar-refractivity contribution < 1.29 is 4.57 Å². The average Bonchev–Trinajstić information content (AvgIpc) is 2.62. The highest BCUT2D eigenvalue weighted by atomic mass is 31.2. The van der Waals surface area contributed by atoms with Crippen LogP contribution in [-0.2, 0) is 4.57 Å². The average molecular weight is 350 g/mol. The molecule has 0 N–H and O–H groups in total. The maximum atomic E-state index is 14.5. The Hall–Kier alpha value is -1.89. The summed E-state index contributed by atoms with van der Waals surface area (Å²) in [5.41, 5.74) is 0. The zero-order valence-electron chi connectivity index (χ0n) is 14.4. The molecular formula is C21H23OPSi. The van der Waals surface area contributed by atoms with Gasteiger partial charge in [0.2, 0.25) is 0 Å². The van der Waals surface area contributed by atoms with Crippen LogP contribution in [0.5, 0.6) is 0 Å². The van der Waals surface area contributed by atoms with Gasteiger partial charge in [0.25, 0.3) is 0 Å². The van der Waals surface area contributed by atoms with Crippen molar-refractivity contribution in [2.45, 2.75) is 19.6 Å². The van der Waals surface area contributed by atoms with Crippen molar-refractivity contribution >= 4 is 36.3 Å². The van der Waals surface area contributed by atoms with Gasteiger partial charge in [0, 0.05) is 15.9 Å². The normalized spacial score (nSPS) is 12.1. The molecule has 3 aromatic carbocycles. The van der Waals surface area contributed by atoms with Gasteiger partial charge in [-0.15, -0.1) is 0 Å². The van der Waals surface area contributed by atoms with Crippen molar-refractivity contribution in [2.75, 3.05) is 0 Å². The van der Waals surface area contributed by atoms with Crippen LogP contribution < -0.4 is 21.1 Å². The quantitative estimate of drug-likeness (QED) is 0.516. The lowest BCUT2D eigenvalue weighted by atomic mass is 10.3. The second kappa shape index (κ2) is 6.55. The lowest BCUT2D eigenvalue weighted by molar-refractivity contribution is 0.592. The summed E-state index contributed by atoms with van der Waals surface area (Å²) in [7, 11) is -4.50. The molecule has 0 heterocycles. The van der Waals surface area contributed by atoms with E-state index >= 15 is 0 Å². The Balaban J connectivity index is 2.36. The minimum absolute atomic E-state index is 0.905. The van der Waals surface area contributed by atoms with E-state index in [1.54, 1.807) is 0 Å². The second-order valence-corrected chi connectivity index (χ2v) is 14.8. The van der Waals surface area contributed by atoms with Gasteiger partial charge in [0.15, 0.2) is 7.14 Å². The third kappa shape index (κ3) is 3.04. The van der Waals surface area contributed by atoms with Gasteiger partial charge in [-0.25, -0.2) is 0 Å². The molecule has 3 aromatic rings. The van der Waals surface area contributed by atoms with E-state index in [2.05, 4.69) is 37.8 Å². The standard InChI is InChI=1S/C21H23OPSi/c1-24(2,3)21-17-11-10-16-20(21)23(22,18-12-6-4-7-13-18)19-14-8-5-9-15-19/h4-17H,1-3H3. The van der Waals surface area contributed by atoms with Crippen LogP contribution in [0.4, 0.5) is 0 Å². The molecule has 122 valence electrons. The number of hydrogen-bond donors (Lipinski definition) is 0. The summed E-state index contributed by atoms with van der Waals surface area (Å²) in [6, 6.07) is 28.1. The molecule has 1 nitrogen and oxygen atoms in total. The van der Waals surface area contributed by atoms with Crippen LogP contribution in [0.2, 0.25) is 19.6 Å². The molecule has 0 saturated heterocycles. The summed E-state index contributed by atoms with van der Waals surface area (Å²) in [5.74, 6) is 0. The molecule has 3 heteroatoms. The Labute approximate surface area is 145 Å². The molecule has 0 spiro atoms. The van der Waals surface area contributed by atoms with Crippen LogP contribution in [0.15, 0.2) is 84.9 Å². The molecule has 0 aliphatic carbocycles. The molecule has 0 aliphatic heterocycles. The summed E-state index contributed by atoms with van der Waals surface area (Å²) in [6.07, 6.45) is 0. The van der Waals surface area contributed by atoms with Gasteiger partial charge in [-0.05, 0) is 5.19 Å². The fraction of sp³-hybridized carbons (Fsp3) is 0.143. The van der Waals surface area contributed by atoms with E-state index in [9.17, 15) is 4.57 Å². The van der Waals surface area contributed by atoms with Crippen LogP contribution in [-0.4, -0.2) is 8.07 Å². The minimum atomic E-state index is -2.88. The van der Waals surface area contributed by atoms with Crippen LogP contribution in [0, 0.1) is 0 Å². The Morgan fingerprint density at radius 3 is 1.50 bits per heavy atom. The first-order valence-corrected chi connectivity index (χ1v) is 13.5. The lowest BCUT2D eigenvalue weighted by Gasteiger charge is -2.27. The number of hydrogen-bond acceptors (Lipinski definition) is 1. The van der Waals surface area contributed by atoms with Gasteiger partial charge in [0.1, 0.15) is 0 Å². The maximum Gasteiger partial charge on any atom is 0.170 e. The van der Waals surface area contributed by atoms with Crippen molar-refractivity contribution in [3.8, 4) is 0 Å². The van der Waals surface area contributed by atoms with Gasteiger partial charge in [-0.1, -0.05) is 105 Å². The van der Waals surface area contributed by atoms with Gasteiger partial charge in [0.05, 0.1) is 8.07 Å². The maximum absolute atomic E-state index is 14.5. The molecule has 0 atom stereocenters. The molecule has 0 unspecified atom stereocenters. The first kappa shape index (κ1) is 16.9. The first-order chi connectivity index (χ1) is 11.4. The van der Waals surface area contributed by atoms with Gasteiger partial charge in [-0.3, -0.25) is 0 Å². The van der Waals surface area contributed by atoms with Crippen LogP contribution in [0.25, 0.3) is 0 Å². The van der Waals surface area contributed by atoms with Crippen LogP contribution in [0.1, 0.15) is 0 Å². The molecule has 0 aromatic heterocycles. The van der Waals surface area contributed by atoms with Crippen molar-refractivity contribution in [3.05, 3.63) is 84.9 Å². The third-order valence-corrected chi connectivity index (χ3v) is 9.67. The number of benzene rings is 3. The highest BCUT2D eigenvalue weighted by molar-refractivity contribution is 7.85. The Bertz CT molecular complexity index is 824. The number of rotatable bonds is 4. The summed E-state index contributed by atoms with van der Waals surface area (Å²) < 4.78 is 14.5. The van der Waals surface area contributed by atoms with Gasteiger partial charge in [-0.2, -0.15) is 0 Å². The van der Waals surface area contributed by atoms with Gasteiger partial charge >= 0.3 is 0 Å². The highest BCUT2D eigenvalue weighted by Gasteiger charge is 2.34. The summed E-state index contributed by atoms with van der Waals surface area (Å²) in [4.78, 5) is 0. The molecule has 0 amide bonds. The topological polar surface area (TPSA) is 17.1 Å². The van der Waals surface area contributed by atoms with E-state index in [1.807, 2.05) is 66.7 Å². The molecule has 0 bridgehead atoms. The van der Waals surface area contributed by atoms with Crippen molar-refractivity contribution in [1.29, 1.82) is 0 Å². The third-order valence-electron chi connectivity index (χ3n) is 4.29. The van der Waals surface area contributed by atoms with E-state index < -0.39 is 15.2 Å². The molecule has 0 saturated carbocycles. The zero-order chi connectivity index (χ0) is 17.2. The van der Waals surface area contributed by atoms with E-state index in [-0.39, 0.29) is 0 Å². The molecule has 24 heavy (non-hydrogen) atoms. The largest absolute Gasteiger partial charge is 0.309 e. The first-order valence-electron chi connectivity index (χ1n) is 8.25. The Kier molecular flexibility index (Phi) is 4.62.